The molecule has 0 bridgehead atoms. The van der Waals surface area contributed by atoms with Gasteiger partial charge in [0.1, 0.15) is 5.75 Å². The molecular formula is C8H7N3O2. The second kappa shape index (κ2) is 3.60. The number of benzene rings is 1. The molecule has 0 unspecified atom stereocenters. The van der Waals surface area contributed by atoms with Gasteiger partial charge >= 0.3 is 0 Å². The maximum atomic E-state index is 10.9. The number of azide groups is 1. The second-order valence-electron chi connectivity index (χ2n) is 2.42. The van der Waals surface area contributed by atoms with E-state index in [1.807, 2.05) is 0 Å². The summed E-state index contributed by atoms with van der Waals surface area (Å²) in [5.74, 6) is -0.541. The van der Waals surface area contributed by atoms with Crippen LogP contribution in [0.5, 0.6) is 5.75 Å². The molecule has 1 aromatic carbocycles. The van der Waals surface area contributed by atoms with Crippen LogP contribution in [-0.4, -0.2) is 10.9 Å². The Morgan fingerprint density at radius 3 is 2.85 bits per heavy atom. The summed E-state index contributed by atoms with van der Waals surface area (Å²) >= 11 is 0. The lowest BCUT2D eigenvalue weighted by molar-refractivity contribution is 0.101. The van der Waals surface area contributed by atoms with Gasteiger partial charge in [0.05, 0.1) is 11.3 Å². The van der Waals surface area contributed by atoms with Crippen LogP contribution < -0.4 is 0 Å². The van der Waals surface area contributed by atoms with E-state index in [9.17, 15) is 9.90 Å². The molecule has 0 saturated carbocycles. The lowest BCUT2D eigenvalue weighted by atomic mass is 10.1. The van der Waals surface area contributed by atoms with E-state index < -0.39 is 0 Å². The van der Waals surface area contributed by atoms with Gasteiger partial charge in [-0.3, -0.25) is 4.79 Å². The van der Waals surface area contributed by atoms with Gasteiger partial charge in [0.15, 0.2) is 5.78 Å². The summed E-state index contributed by atoms with van der Waals surface area (Å²) < 4.78 is 0. The van der Waals surface area contributed by atoms with Crippen molar-refractivity contribution in [2.45, 2.75) is 6.92 Å². The third-order valence-corrected chi connectivity index (χ3v) is 1.55. The van der Waals surface area contributed by atoms with Crippen molar-refractivity contribution < 1.29 is 9.90 Å². The average molecular weight is 177 g/mol. The highest BCUT2D eigenvalue weighted by Gasteiger charge is 2.08. The first-order valence-corrected chi connectivity index (χ1v) is 3.55. The predicted molar refractivity (Wildman–Crippen MR) is 46.9 cm³/mol. The Balaban J connectivity index is 3.34. The quantitative estimate of drug-likeness (QED) is 0.325. The molecule has 1 rings (SSSR count). The molecule has 1 N–H and O–H groups in total. The smallest absolute Gasteiger partial charge is 0.163 e. The van der Waals surface area contributed by atoms with Crippen LogP contribution >= 0.6 is 0 Å². The van der Waals surface area contributed by atoms with Gasteiger partial charge in [-0.15, -0.1) is 0 Å². The van der Waals surface area contributed by atoms with Gasteiger partial charge < -0.3 is 5.11 Å². The average Bonchev–Trinajstić information content (AvgIpc) is 2.08. The molecule has 5 nitrogen and oxygen atoms in total. The molecule has 0 amide bonds. The molecule has 0 aliphatic rings. The molecule has 0 aromatic heterocycles. The van der Waals surface area contributed by atoms with Crippen LogP contribution in [0.4, 0.5) is 5.69 Å². The highest BCUT2D eigenvalue weighted by molar-refractivity contribution is 5.98. The Morgan fingerprint density at radius 1 is 1.62 bits per heavy atom. The summed E-state index contributed by atoms with van der Waals surface area (Å²) in [7, 11) is 0. The highest BCUT2D eigenvalue weighted by atomic mass is 16.3. The molecule has 13 heavy (non-hydrogen) atoms. The van der Waals surface area contributed by atoms with E-state index >= 15 is 0 Å². The zero-order valence-electron chi connectivity index (χ0n) is 6.93. The molecule has 0 spiro atoms. The van der Waals surface area contributed by atoms with Crippen molar-refractivity contribution in [2.24, 2.45) is 5.11 Å². The number of hydrogen-bond donors (Lipinski definition) is 1. The van der Waals surface area contributed by atoms with E-state index in [1.165, 1.54) is 19.1 Å². The van der Waals surface area contributed by atoms with Crippen molar-refractivity contribution in [1.29, 1.82) is 0 Å². The largest absolute Gasteiger partial charge is 0.507 e. The molecule has 0 heterocycles. The van der Waals surface area contributed by atoms with Crippen molar-refractivity contribution in [3.05, 3.63) is 34.2 Å². The molecule has 0 aliphatic carbocycles. The third kappa shape index (κ3) is 1.77. The van der Waals surface area contributed by atoms with Crippen molar-refractivity contribution in [2.75, 3.05) is 0 Å². The van der Waals surface area contributed by atoms with Gasteiger partial charge in [-0.25, -0.2) is 0 Å². The fourth-order valence-electron chi connectivity index (χ4n) is 0.944. The fraction of sp³-hybridized carbons (Fsp3) is 0.125. The molecule has 0 aliphatic heterocycles. The van der Waals surface area contributed by atoms with Crippen LogP contribution in [0.2, 0.25) is 0 Å². The number of Topliss-reactive ketones (excluding diaryl/α,β-unsaturated/α-hetero) is 1. The number of carbonyl (C=O) groups is 1. The molecular weight excluding hydrogens is 170 g/mol. The van der Waals surface area contributed by atoms with E-state index in [2.05, 4.69) is 10.0 Å². The molecule has 1 aromatic rings. The second-order valence-corrected chi connectivity index (χ2v) is 2.42. The number of phenolic OH excluding ortho intramolecular Hbond substituents is 1. The van der Waals surface area contributed by atoms with Crippen LogP contribution in [0.15, 0.2) is 23.3 Å². The first kappa shape index (κ1) is 9.09. The summed E-state index contributed by atoms with van der Waals surface area (Å²) in [6.45, 7) is 1.33. The van der Waals surface area contributed by atoms with E-state index in [1.54, 1.807) is 6.07 Å². The number of rotatable bonds is 2. The maximum Gasteiger partial charge on any atom is 0.163 e. The lowest BCUT2D eigenvalue weighted by Gasteiger charge is -2.01. The number of hydrogen-bond acceptors (Lipinski definition) is 3. The monoisotopic (exact) mass is 177 g/mol. The zero-order chi connectivity index (χ0) is 9.84. The zero-order valence-corrected chi connectivity index (χ0v) is 6.93. The first-order valence-electron chi connectivity index (χ1n) is 3.55. The number of nitrogens with zero attached hydrogens (tertiary/aromatic N) is 3. The Labute approximate surface area is 74.3 Å². The van der Waals surface area contributed by atoms with Crippen molar-refractivity contribution in [3.8, 4) is 5.75 Å². The summed E-state index contributed by atoms with van der Waals surface area (Å²) in [4.78, 5) is 13.4. The van der Waals surface area contributed by atoms with Crippen LogP contribution in [0.25, 0.3) is 10.4 Å². The molecule has 5 heteroatoms. The Morgan fingerprint density at radius 2 is 2.31 bits per heavy atom. The first-order chi connectivity index (χ1) is 6.16. The van der Waals surface area contributed by atoms with E-state index in [0.29, 0.717) is 0 Å². The third-order valence-electron chi connectivity index (χ3n) is 1.55. The number of carbonyl (C=O) groups excluding carboxylic acids is 1. The maximum absolute atomic E-state index is 10.9. The van der Waals surface area contributed by atoms with Gasteiger partial charge in [0, 0.05) is 4.91 Å². The normalized spacial score (nSPS) is 9.00. The van der Waals surface area contributed by atoms with Gasteiger partial charge in [0.25, 0.3) is 0 Å². The van der Waals surface area contributed by atoms with Crippen LogP contribution in [0.1, 0.15) is 17.3 Å². The number of ketones is 1. The Bertz CT molecular complexity index is 374. The topological polar surface area (TPSA) is 86.1 Å². The van der Waals surface area contributed by atoms with E-state index in [-0.39, 0.29) is 22.8 Å². The molecule has 0 radical (unpaired) electrons. The Kier molecular flexibility index (Phi) is 2.52. The van der Waals surface area contributed by atoms with Crippen molar-refractivity contribution in [1.82, 2.24) is 0 Å². The Hall–Kier alpha value is -2.00. The molecule has 0 atom stereocenters. The minimum Gasteiger partial charge on any atom is -0.507 e. The fourth-order valence-corrected chi connectivity index (χ4v) is 0.944. The molecule has 0 saturated heterocycles. The minimum absolute atomic E-state index is 0.0650. The highest BCUT2D eigenvalue weighted by Crippen LogP contribution is 2.30. The molecule has 0 fully saturated rings. The summed E-state index contributed by atoms with van der Waals surface area (Å²) in [5, 5.41) is 12.6. The molecule has 66 valence electrons. The lowest BCUT2D eigenvalue weighted by Crippen LogP contribution is -1.91. The van der Waals surface area contributed by atoms with Crippen LogP contribution in [0, 0.1) is 0 Å². The predicted octanol–water partition coefficient (Wildman–Crippen LogP) is 2.54. The van der Waals surface area contributed by atoms with Gasteiger partial charge in [-0.2, -0.15) is 0 Å². The standard InChI is InChI=1S/C8H7N3O2/c1-5(12)6-3-2-4-7(8(6)13)10-11-9/h2-4,13H,1H3. The summed E-state index contributed by atoms with van der Waals surface area (Å²) in [6.07, 6.45) is 0. The van der Waals surface area contributed by atoms with Crippen LogP contribution in [0.3, 0.4) is 0 Å². The van der Waals surface area contributed by atoms with Gasteiger partial charge in [-0.1, -0.05) is 11.2 Å². The van der Waals surface area contributed by atoms with E-state index in [4.69, 9.17) is 5.53 Å². The SMILES string of the molecule is CC(=O)c1cccc(N=[N+]=[N-])c1O. The van der Waals surface area contributed by atoms with Crippen LogP contribution in [-0.2, 0) is 0 Å². The van der Waals surface area contributed by atoms with Crippen molar-refractivity contribution in [3.63, 3.8) is 0 Å². The minimum atomic E-state index is -0.271. The summed E-state index contributed by atoms with van der Waals surface area (Å²) in [5.41, 5.74) is 8.36. The van der Waals surface area contributed by atoms with Gasteiger partial charge in [0.2, 0.25) is 0 Å². The van der Waals surface area contributed by atoms with Crippen molar-refractivity contribution >= 4 is 11.5 Å². The number of para-hydroxylation sites is 1. The number of phenols is 1. The van der Waals surface area contributed by atoms with Gasteiger partial charge in [-0.05, 0) is 24.6 Å². The number of aromatic hydroxyl groups is 1. The summed E-state index contributed by atoms with van der Waals surface area (Å²) in [6, 6.07) is 4.44. The van der Waals surface area contributed by atoms with E-state index in [0.717, 1.165) is 0 Å².